The van der Waals surface area contributed by atoms with Gasteiger partial charge in [0, 0.05) is 17.9 Å². The van der Waals surface area contributed by atoms with Gasteiger partial charge in [-0.2, -0.15) is 0 Å². The van der Waals surface area contributed by atoms with Gasteiger partial charge in [-0.05, 0) is 56.4 Å². The van der Waals surface area contributed by atoms with Crippen LogP contribution in [0.25, 0.3) is 0 Å². The Labute approximate surface area is 128 Å². The van der Waals surface area contributed by atoms with E-state index in [-0.39, 0.29) is 0 Å². The second-order valence-corrected chi connectivity index (χ2v) is 7.57. The first-order valence-corrected chi connectivity index (χ1v) is 9.67. The number of hydrogen-bond acceptors (Lipinski definition) is 1. The molecule has 0 spiro atoms. The fourth-order valence-electron chi connectivity index (χ4n) is 4.70. The first-order chi connectivity index (χ1) is 9.24. The van der Waals surface area contributed by atoms with E-state index in [1.165, 1.54) is 76.2 Å². The molecule has 2 rings (SSSR count). The van der Waals surface area contributed by atoms with Crippen molar-refractivity contribution in [3.05, 3.63) is 0 Å². The summed E-state index contributed by atoms with van der Waals surface area (Å²) in [6.45, 7) is 7.41. The minimum absolute atomic E-state index is 0.536. The lowest BCUT2D eigenvalue weighted by Gasteiger charge is -2.44. The molecule has 19 heavy (non-hydrogen) atoms. The van der Waals surface area contributed by atoms with E-state index in [1.807, 2.05) is 0 Å². The first kappa shape index (κ1) is 15.8. The summed E-state index contributed by atoms with van der Waals surface area (Å²) in [7, 11) is 0. The van der Waals surface area contributed by atoms with E-state index in [4.69, 9.17) is 0 Å². The number of alkyl halides is 1. The maximum absolute atomic E-state index is 3.85. The molecule has 0 bridgehead atoms. The topological polar surface area (TPSA) is 3.24 Å². The Bertz CT molecular complexity index is 260. The summed E-state index contributed by atoms with van der Waals surface area (Å²) in [5.41, 5.74) is 0.536. The Kier molecular flexibility index (Phi) is 6.20. The van der Waals surface area contributed by atoms with E-state index in [2.05, 4.69) is 34.7 Å². The monoisotopic (exact) mass is 329 g/mol. The van der Waals surface area contributed by atoms with Gasteiger partial charge >= 0.3 is 0 Å². The maximum Gasteiger partial charge on any atom is 0.0124 e. The highest BCUT2D eigenvalue weighted by atomic mass is 79.9. The number of nitrogens with zero attached hydrogens (tertiary/aromatic N) is 1. The van der Waals surface area contributed by atoms with Gasteiger partial charge in [0.25, 0.3) is 0 Å². The van der Waals surface area contributed by atoms with E-state index in [9.17, 15) is 0 Å². The molecule has 112 valence electrons. The lowest BCUT2D eigenvalue weighted by molar-refractivity contribution is 0.0594. The molecule has 1 heterocycles. The van der Waals surface area contributed by atoms with Gasteiger partial charge < -0.3 is 0 Å². The lowest BCUT2D eigenvalue weighted by atomic mass is 9.79. The Morgan fingerprint density at radius 1 is 1.05 bits per heavy atom. The fraction of sp³-hybridized carbons (Fsp3) is 1.00. The molecule has 2 aliphatic rings. The molecule has 1 aliphatic carbocycles. The zero-order chi connectivity index (χ0) is 13.7. The smallest absolute Gasteiger partial charge is 0.0124 e. The zero-order valence-electron chi connectivity index (χ0n) is 13.0. The lowest BCUT2D eigenvalue weighted by Crippen LogP contribution is -2.48. The summed E-state index contributed by atoms with van der Waals surface area (Å²) in [5.74, 6) is 1.03. The van der Waals surface area contributed by atoms with Crippen molar-refractivity contribution in [1.29, 1.82) is 0 Å². The summed E-state index contributed by atoms with van der Waals surface area (Å²) in [6, 6.07) is 0.931. The van der Waals surface area contributed by atoms with Crippen LogP contribution in [0.15, 0.2) is 0 Å². The standard InChI is InChI=1S/C17H32BrN/c1-3-10-17(13-18,11-4-2)14-19-12-6-8-15-7-5-9-16(15)19/h15-16H,3-14H2,1-2H3. The van der Waals surface area contributed by atoms with Crippen LogP contribution in [0.4, 0.5) is 0 Å². The van der Waals surface area contributed by atoms with E-state index in [0.717, 1.165) is 12.0 Å². The highest BCUT2D eigenvalue weighted by Crippen LogP contribution is 2.40. The molecule has 1 saturated heterocycles. The zero-order valence-corrected chi connectivity index (χ0v) is 14.6. The minimum Gasteiger partial charge on any atom is -0.300 e. The first-order valence-electron chi connectivity index (χ1n) is 8.54. The predicted octanol–water partition coefficient (Wildman–Crippen LogP) is 5.23. The average Bonchev–Trinajstić information content (AvgIpc) is 2.88. The van der Waals surface area contributed by atoms with Gasteiger partial charge in [-0.25, -0.2) is 0 Å². The fourth-order valence-corrected chi connectivity index (χ4v) is 5.44. The third-order valence-electron chi connectivity index (χ3n) is 5.49. The van der Waals surface area contributed by atoms with Crippen LogP contribution >= 0.6 is 15.9 Å². The van der Waals surface area contributed by atoms with Crippen molar-refractivity contribution in [2.24, 2.45) is 11.3 Å². The molecule has 0 aromatic carbocycles. The van der Waals surface area contributed by atoms with Gasteiger partial charge in [-0.1, -0.05) is 49.0 Å². The summed E-state index contributed by atoms with van der Waals surface area (Å²) in [4.78, 5) is 2.88. The quantitative estimate of drug-likeness (QED) is 0.578. The molecule has 1 saturated carbocycles. The third kappa shape index (κ3) is 3.75. The van der Waals surface area contributed by atoms with E-state index >= 15 is 0 Å². The molecular weight excluding hydrogens is 298 g/mol. The van der Waals surface area contributed by atoms with Gasteiger partial charge in [-0.15, -0.1) is 0 Å². The maximum atomic E-state index is 3.85. The van der Waals surface area contributed by atoms with Crippen LogP contribution in [0.1, 0.15) is 71.6 Å². The Morgan fingerprint density at radius 2 is 1.74 bits per heavy atom. The summed E-state index contributed by atoms with van der Waals surface area (Å²) in [5, 5.41) is 1.19. The van der Waals surface area contributed by atoms with Crippen molar-refractivity contribution in [1.82, 2.24) is 4.90 Å². The van der Waals surface area contributed by atoms with Crippen molar-refractivity contribution in [3.8, 4) is 0 Å². The second-order valence-electron chi connectivity index (χ2n) is 7.00. The van der Waals surface area contributed by atoms with Gasteiger partial charge in [0.05, 0.1) is 0 Å². The van der Waals surface area contributed by atoms with E-state index < -0.39 is 0 Å². The highest BCUT2D eigenvalue weighted by Gasteiger charge is 2.38. The van der Waals surface area contributed by atoms with E-state index in [1.54, 1.807) is 0 Å². The Morgan fingerprint density at radius 3 is 2.37 bits per heavy atom. The third-order valence-corrected chi connectivity index (χ3v) is 6.68. The van der Waals surface area contributed by atoms with Crippen LogP contribution in [0.5, 0.6) is 0 Å². The highest BCUT2D eigenvalue weighted by molar-refractivity contribution is 9.09. The van der Waals surface area contributed by atoms with Crippen LogP contribution in [0.3, 0.4) is 0 Å². The van der Waals surface area contributed by atoms with Gasteiger partial charge in [0.1, 0.15) is 0 Å². The summed E-state index contributed by atoms with van der Waals surface area (Å²) >= 11 is 3.85. The van der Waals surface area contributed by atoms with Crippen LogP contribution < -0.4 is 0 Å². The van der Waals surface area contributed by atoms with Crippen LogP contribution in [-0.4, -0.2) is 29.4 Å². The molecule has 1 nitrogen and oxygen atoms in total. The van der Waals surface area contributed by atoms with Gasteiger partial charge in [-0.3, -0.25) is 4.90 Å². The molecule has 1 aliphatic heterocycles. The molecule has 0 radical (unpaired) electrons. The van der Waals surface area contributed by atoms with Gasteiger partial charge in [0.15, 0.2) is 0 Å². The molecule has 0 N–H and O–H groups in total. The summed E-state index contributed by atoms with van der Waals surface area (Å²) < 4.78 is 0. The SMILES string of the molecule is CCCC(CBr)(CCC)CN1CCCC2CCCC21. The van der Waals surface area contributed by atoms with Crippen molar-refractivity contribution in [2.45, 2.75) is 77.7 Å². The predicted molar refractivity (Wildman–Crippen MR) is 88.0 cm³/mol. The molecule has 0 aromatic rings. The van der Waals surface area contributed by atoms with Crippen LogP contribution in [0, 0.1) is 11.3 Å². The van der Waals surface area contributed by atoms with E-state index in [0.29, 0.717) is 5.41 Å². The van der Waals surface area contributed by atoms with Crippen molar-refractivity contribution in [2.75, 3.05) is 18.4 Å². The van der Waals surface area contributed by atoms with Crippen LogP contribution in [0.2, 0.25) is 0 Å². The molecule has 2 fully saturated rings. The normalized spacial score (nSPS) is 28.6. The molecule has 2 atom stereocenters. The number of piperidine rings is 1. The van der Waals surface area contributed by atoms with Crippen LogP contribution in [-0.2, 0) is 0 Å². The molecule has 0 aromatic heterocycles. The van der Waals surface area contributed by atoms with Crippen molar-refractivity contribution >= 4 is 15.9 Å². The number of rotatable bonds is 7. The molecular formula is C17H32BrN. The molecule has 2 heteroatoms. The number of halogens is 1. The second kappa shape index (κ2) is 7.45. The number of likely N-dealkylation sites (tertiary alicyclic amines) is 1. The number of hydrogen-bond donors (Lipinski definition) is 0. The average molecular weight is 330 g/mol. The van der Waals surface area contributed by atoms with Gasteiger partial charge in [0.2, 0.25) is 0 Å². The minimum atomic E-state index is 0.536. The molecule has 0 amide bonds. The van der Waals surface area contributed by atoms with Crippen molar-refractivity contribution in [3.63, 3.8) is 0 Å². The van der Waals surface area contributed by atoms with Crippen molar-refractivity contribution < 1.29 is 0 Å². The summed E-state index contributed by atoms with van der Waals surface area (Å²) in [6.07, 6.45) is 12.8. The Hall–Kier alpha value is 0.440. The molecule has 2 unspecified atom stereocenters. The Balaban J connectivity index is 2.02. The number of fused-ring (bicyclic) bond motifs is 1. The largest absolute Gasteiger partial charge is 0.300 e.